The molecule has 3 aromatic rings. The van der Waals surface area contributed by atoms with Gasteiger partial charge in [0, 0.05) is 23.1 Å². The number of carbonyl (C=O) groups is 2. The zero-order valence-electron chi connectivity index (χ0n) is 13.7. The average Bonchev–Trinajstić information content (AvgIpc) is 2.99. The van der Waals surface area contributed by atoms with Crippen molar-refractivity contribution >= 4 is 22.8 Å². The lowest BCUT2D eigenvalue weighted by Gasteiger charge is -2.05. The second-order valence-electron chi connectivity index (χ2n) is 5.70. The van der Waals surface area contributed by atoms with Crippen LogP contribution >= 0.6 is 0 Å². The highest BCUT2D eigenvalue weighted by Gasteiger charge is 2.16. The van der Waals surface area contributed by atoms with Crippen molar-refractivity contribution in [1.82, 2.24) is 10.8 Å². The van der Waals surface area contributed by atoms with Crippen LogP contribution < -0.4 is 10.8 Å². The lowest BCUT2D eigenvalue weighted by atomic mass is 10.1. The zero-order valence-corrected chi connectivity index (χ0v) is 13.7. The quantitative estimate of drug-likeness (QED) is 0.493. The lowest BCUT2D eigenvalue weighted by Crippen LogP contribution is -2.25. The number of hydrogen-bond acceptors (Lipinski definition) is 4. The fraction of sp³-hybridized carbons (Fsp3) is 0.158. The zero-order chi connectivity index (χ0) is 17.8. The first-order valence-corrected chi connectivity index (χ1v) is 7.90. The van der Waals surface area contributed by atoms with E-state index in [0.717, 1.165) is 16.5 Å². The molecule has 6 heteroatoms. The number of hydrogen-bond donors (Lipinski definition) is 3. The Morgan fingerprint density at radius 2 is 1.76 bits per heavy atom. The molecule has 1 heterocycles. The van der Waals surface area contributed by atoms with E-state index >= 15 is 0 Å². The maximum absolute atomic E-state index is 12.3. The van der Waals surface area contributed by atoms with Gasteiger partial charge in [0.2, 0.25) is 0 Å². The molecule has 3 rings (SSSR count). The van der Waals surface area contributed by atoms with Crippen LogP contribution in [-0.4, -0.2) is 23.6 Å². The standard InChI is InChI=1S/C19H18N2O4/c1-12-15-4-2-3-5-16(15)25-17(12)19(23)20-11-10-13-6-8-14(9-7-13)18(22)21-24/h2-9,24H,10-11H2,1H3,(H,20,23)(H,21,22). The third kappa shape index (κ3) is 3.54. The van der Waals surface area contributed by atoms with E-state index in [-0.39, 0.29) is 5.91 Å². The van der Waals surface area contributed by atoms with Crippen molar-refractivity contribution in [3.05, 3.63) is 71.0 Å². The van der Waals surface area contributed by atoms with Gasteiger partial charge in [-0.25, -0.2) is 5.48 Å². The molecule has 1 aromatic heterocycles. The molecular formula is C19H18N2O4. The number of rotatable bonds is 5. The van der Waals surface area contributed by atoms with E-state index in [2.05, 4.69) is 5.32 Å². The van der Waals surface area contributed by atoms with E-state index in [1.54, 1.807) is 29.7 Å². The van der Waals surface area contributed by atoms with Gasteiger partial charge in [-0.15, -0.1) is 0 Å². The molecule has 2 aromatic carbocycles. The van der Waals surface area contributed by atoms with Gasteiger partial charge in [0.1, 0.15) is 5.58 Å². The molecule has 0 fully saturated rings. The summed E-state index contributed by atoms with van der Waals surface area (Å²) < 4.78 is 5.64. The van der Waals surface area contributed by atoms with Gasteiger partial charge in [0.25, 0.3) is 11.8 Å². The Balaban J connectivity index is 1.60. The van der Waals surface area contributed by atoms with Gasteiger partial charge in [0.05, 0.1) is 0 Å². The Hall–Kier alpha value is -3.12. The number of hydroxylamine groups is 1. The number of nitrogens with one attached hydrogen (secondary N) is 2. The molecule has 3 N–H and O–H groups in total. The number of aryl methyl sites for hydroxylation is 1. The monoisotopic (exact) mass is 338 g/mol. The van der Waals surface area contributed by atoms with Gasteiger partial charge in [-0.1, -0.05) is 30.3 Å². The van der Waals surface area contributed by atoms with Gasteiger partial charge in [-0.2, -0.15) is 0 Å². The van der Waals surface area contributed by atoms with Crippen molar-refractivity contribution in [2.45, 2.75) is 13.3 Å². The van der Waals surface area contributed by atoms with Gasteiger partial charge in [0.15, 0.2) is 5.76 Å². The fourth-order valence-electron chi connectivity index (χ4n) is 2.68. The number of furan rings is 1. The van der Waals surface area contributed by atoms with Crippen molar-refractivity contribution in [2.75, 3.05) is 6.54 Å². The van der Waals surface area contributed by atoms with E-state index in [0.29, 0.717) is 29.9 Å². The highest BCUT2D eigenvalue weighted by Crippen LogP contribution is 2.24. The summed E-state index contributed by atoms with van der Waals surface area (Å²) in [6.45, 7) is 2.31. The summed E-state index contributed by atoms with van der Waals surface area (Å²) in [7, 11) is 0. The SMILES string of the molecule is Cc1c(C(=O)NCCc2ccc(C(=O)NO)cc2)oc2ccccc12. The number of fused-ring (bicyclic) bond motifs is 1. The van der Waals surface area contributed by atoms with Crippen molar-refractivity contribution < 1.29 is 19.2 Å². The van der Waals surface area contributed by atoms with Crippen LogP contribution in [-0.2, 0) is 6.42 Å². The fourth-order valence-corrected chi connectivity index (χ4v) is 2.68. The van der Waals surface area contributed by atoms with E-state index in [1.165, 1.54) is 0 Å². The molecule has 0 bridgehead atoms. The summed E-state index contributed by atoms with van der Waals surface area (Å²) in [5, 5.41) is 12.4. The molecular weight excluding hydrogens is 320 g/mol. The Morgan fingerprint density at radius 3 is 2.44 bits per heavy atom. The average molecular weight is 338 g/mol. The molecule has 128 valence electrons. The van der Waals surface area contributed by atoms with Crippen LogP contribution in [0, 0.1) is 6.92 Å². The van der Waals surface area contributed by atoms with Crippen molar-refractivity contribution in [2.24, 2.45) is 0 Å². The molecule has 0 saturated heterocycles. The van der Waals surface area contributed by atoms with E-state index < -0.39 is 5.91 Å². The van der Waals surface area contributed by atoms with Crippen LogP contribution in [0.2, 0.25) is 0 Å². The van der Waals surface area contributed by atoms with Gasteiger partial charge < -0.3 is 9.73 Å². The van der Waals surface area contributed by atoms with Crippen molar-refractivity contribution in [1.29, 1.82) is 0 Å². The summed E-state index contributed by atoms with van der Waals surface area (Å²) in [6, 6.07) is 14.3. The van der Waals surface area contributed by atoms with Crippen LogP contribution in [0.5, 0.6) is 0 Å². The maximum atomic E-state index is 12.3. The number of benzene rings is 2. The van der Waals surface area contributed by atoms with Crippen LogP contribution in [0.15, 0.2) is 52.9 Å². The summed E-state index contributed by atoms with van der Waals surface area (Å²) in [4.78, 5) is 23.6. The molecule has 2 amide bonds. The minimum atomic E-state index is -0.555. The molecule has 0 unspecified atom stereocenters. The molecule has 0 spiro atoms. The Bertz CT molecular complexity index is 913. The first-order chi connectivity index (χ1) is 12.1. The second-order valence-corrected chi connectivity index (χ2v) is 5.70. The van der Waals surface area contributed by atoms with E-state index in [4.69, 9.17) is 9.62 Å². The maximum Gasteiger partial charge on any atom is 0.287 e. The van der Waals surface area contributed by atoms with E-state index in [1.807, 2.05) is 31.2 Å². The lowest BCUT2D eigenvalue weighted by molar-refractivity contribution is 0.0706. The van der Waals surface area contributed by atoms with Crippen LogP contribution in [0.1, 0.15) is 32.0 Å². The predicted octanol–water partition coefficient (Wildman–Crippen LogP) is 2.83. The molecule has 0 aliphatic heterocycles. The summed E-state index contributed by atoms with van der Waals surface area (Å²) >= 11 is 0. The Labute approximate surface area is 144 Å². The number of carbonyl (C=O) groups excluding carboxylic acids is 2. The predicted molar refractivity (Wildman–Crippen MR) is 92.7 cm³/mol. The minimum Gasteiger partial charge on any atom is -0.451 e. The topological polar surface area (TPSA) is 91.6 Å². The molecule has 0 atom stereocenters. The summed E-state index contributed by atoms with van der Waals surface area (Å²) in [5.74, 6) is -0.471. The smallest absolute Gasteiger partial charge is 0.287 e. The van der Waals surface area contributed by atoms with Gasteiger partial charge in [-0.3, -0.25) is 14.8 Å². The molecule has 0 aliphatic rings. The second kappa shape index (κ2) is 7.19. The van der Waals surface area contributed by atoms with Crippen LogP contribution in [0.3, 0.4) is 0 Å². The highest BCUT2D eigenvalue weighted by molar-refractivity contribution is 5.98. The van der Waals surface area contributed by atoms with Gasteiger partial charge in [-0.05, 0) is 37.1 Å². The van der Waals surface area contributed by atoms with E-state index in [9.17, 15) is 9.59 Å². The normalized spacial score (nSPS) is 10.6. The Kier molecular flexibility index (Phi) is 4.81. The Morgan fingerprint density at radius 1 is 1.04 bits per heavy atom. The van der Waals surface area contributed by atoms with Crippen LogP contribution in [0.4, 0.5) is 0 Å². The minimum absolute atomic E-state index is 0.245. The number of para-hydroxylation sites is 1. The molecule has 25 heavy (non-hydrogen) atoms. The molecule has 6 nitrogen and oxygen atoms in total. The summed E-state index contributed by atoms with van der Waals surface area (Å²) in [5.41, 5.74) is 4.45. The highest BCUT2D eigenvalue weighted by atomic mass is 16.5. The third-order valence-electron chi connectivity index (χ3n) is 4.07. The molecule has 0 aliphatic carbocycles. The van der Waals surface area contributed by atoms with Crippen LogP contribution in [0.25, 0.3) is 11.0 Å². The first-order valence-electron chi connectivity index (χ1n) is 7.90. The largest absolute Gasteiger partial charge is 0.451 e. The van der Waals surface area contributed by atoms with Crippen molar-refractivity contribution in [3.63, 3.8) is 0 Å². The third-order valence-corrected chi connectivity index (χ3v) is 4.07. The van der Waals surface area contributed by atoms with Crippen molar-refractivity contribution in [3.8, 4) is 0 Å². The molecule has 0 saturated carbocycles. The molecule has 0 radical (unpaired) electrons. The summed E-state index contributed by atoms with van der Waals surface area (Å²) in [6.07, 6.45) is 0.617. The number of amides is 2. The first kappa shape index (κ1) is 16.7. The van der Waals surface area contributed by atoms with Gasteiger partial charge >= 0.3 is 0 Å².